The van der Waals surface area contributed by atoms with E-state index in [0.29, 0.717) is 6.04 Å². The third-order valence-electron chi connectivity index (χ3n) is 3.10. The van der Waals surface area contributed by atoms with E-state index < -0.39 is 0 Å². The number of aryl methyl sites for hydroxylation is 1. The molecule has 1 aromatic carbocycles. The number of benzene rings is 1. The van der Waals surface area contributed by atoms with Gasteiger partial charge in [-0.1, -0.05) is 24.3 Å². The van der Waals surface area contributed by atoms with E-state index in [1.807, 2.05) is 10.7 Å². The van der Waals surface area contributed by atoms with Gasteiger partial charge in [-0.05, 0) is 30.0 Å². The average molecular weight is 199 g/mol. The second kappa shape index (κ2) is 3.12. The van der Waals surface area contributed by atoms with Gasteiger partial charge in [0.2, 0.25) is 0 Å². The van der Waals surface area contributed by atoms with E-state index in [4.69, 9.17) is 5.73 Å². The summed E-state index contributed by atoms with van der Waals surface area (Å²) in [4.78, 5) is 0. The molecule has 15 heavy (non-hydrogen) atoms. The lowest BCUT2D eigenvalue weighted by Gasteiger charge is -2.13. The van der Waals surface area contributed by atoms with Crippen LogP contribution in [0, 0.1) is 0 Å². The van der Waals surface area contributed by atoms with Gasteiger partial charge in [0.05, 0.1) is 12.2 Å². The highest BCUT2D eigenvalue weighted by atomic mass is 15.3. The fourth-order valence-corrected chi connectivity index (χ4v) is 2.37. The fourth-order valence-electron chi connectivity index (χ4n) is 2.37. The van der Waals surface area contributed by atoms with Crippen molar-refractivity contribution in [3.63, 3.8) is 0 Å². The third kappa shape index (κ3) is 1.23. The van der Waals surface area contributed by atoms with Crippen molar-refractivity contribution in [3.8, 4) is 0 Å². The summed E-state index contributed by atoms with van der Waals surface area (Å²) < 4.78 is 1.92. The lowest BCUT2D eigenvalue weighted by Crippen LogP contribution is -2.11. The molecule has 0 saturated heterocycles. The molecule has 0 amide bonds. The van der Waals surface area contributed by atoms with Gasteiger partial charge in [0, 0.05) is 0 Å². The zero-order valence-electron chi connectivity index (χ0n) is 8.43. The Kier molecular flexibility index (Phi) is 1.78. The molecule has 1 aliphatic rings. The first-order valence-electron chi connectivity index (χ1n) is 5.23. The summed E-state index contributed by atoms with van der Waals surface area (Å²) in [5, 5.41) is 4.29. The molecule has 0 spiro atoms. The maximum atomic E-state index is 5.88. The van der Waals surface area contributed by atoms with Crippen molar-refractivity contribution in [2.45, 2.75) is 18.9 Å². The predicted molar refractivity (Wildman–Crippen MR) is 59.5 cm³/mol. The quantitative estimate of drug-likeness (QED) is 0.763. The average Bonchev–Trinajstić information content (AvgIpc) is 2.83. The summed E-state index contributed by atoms with van der Waals surface area (Å²) in [6.07, 6.45) is 3.99. The summed E-state index contributed by atoms with van der Waals surface area (Å²) in [6.45, 7) is 0. The molecule has 1 atom stereocenters. The van der Waals surface area contributed by atoms with Crippen LogP contribution in [0.15, 0.2) is 36.5 Å². The monoisotopic (exact) mass is 199 g/mol. The van der Waals surface area contributed by atoms with Gasteiger partial charge >= 0.3 is 0 Å². The largest absolute Gasteiger partial charge is 0.384 e. The molecule has 0 saturated carbocycles. The van der Waals surface area contributed by atoms with E-state index in [2.05, 4.69) is 29.4 Å². The molecule has 1 aliphatic carbocycles. The van der Waals surface area contributed by atoms with Crippen LogP contribution in [0.4, 0.5) is 5.82 Å². The summed E-state index contributed by atoms with van der Waals surface area (Å²) >= 11 is 0. The first-order chi connectivity index (χ1) is 7.36. The summed E-state index contributed by atoms with van der Waals surface area (Å²) in [7, 11) is 0. The number of hydrogen-bond acceptors (Lipinski definition) is 2. The molecule has 3 nitrogen and oxygen atoms in total. The van der Waals surface area contributed by atoms with Gasteiger partial charge in [0.25, 0.3) is 0 Å². The van der Waals surface area contributed by atoms with Gasteiger partial charge in [-0.2, -0.15) is 5.10 Å². The Morgan fingerprint density at radius 2 is 2.13 bits per heavy atom. The smallest absolute Gasteiger partial charge is 0.122 e. The maximum Gasteiger partial charge on any atom is 0.122 e. The van der Waals surface area contributed by atoms with Crippen LogP contribution in [0.3, 0.4) is 0 Å². The molecule has 3 rings (SSSR count). The van der Waals surface area contributed by atoms with Gasteiger partial charge in [0.1, 0.15) is 5.82 Å². The number of nitrogens with zero attached hydrogens (tertiary/aromatic N) is 2. The number of nitrogens with two attached hydrogens (primary N) is 1. The minimum absolute atomic E-state index is 0.330. The molecular formula is C12H13N3. The highest BCUT2D eigenvalue weighted by Gasteiger charge is 2.24. The van der Waals surface area contributed by atoms with Gasteiger partial charge in [-0.25, -0.2) is 4.68 Å². The van der Waals surface area contributed by atoms with Crippen LogP contribution in [-0.2, 0) is 6.42 Å². The highest BCUT2D eigenvalue weighted by molar-refractivity contribution is 5.38. The van der Waals surface area contributed by atoms with Crippen molar-refractivity contribution < 1.29 is 0 Å². The number of fused-ring (bicyclic) bond motifs is 1. The number of hydrogen-bond donors (Lipinski definition) is 1. The Balaban J connectivity index is 2.08. The standard InChI is InChI=1S/C12H13N3/c13-12-7-8-14-15(12)11-6-5-9-3-1-2-4-10(9)11/h1-4,7-8,11H,5-6,13H2. The predicted octanol–water partition coefficient (Wildman–Crippen LogP) is 2.00. The zero-order chi connectivity index (χ0) is 10.3. The molecule has 76 valence electrons. The molecule has 2 aromatic rings. The highest BCUT2D eigenvalue weighted by Crippen LogP contribution is 2.34. The number of aromatic nitrogens is 2. The zero-order valence-corrected chi connectivity index (χ0v) is 8.43. The molecule has 0 fully saturated rings. The first kappa shape index (κ1) is 8.53. The van der Waals surface area contributed by atoms with Gasteiger partial charge in [0.15, 0.2) is 0 Å². The van der Waals surface area contributed by atoms with Crippen molar-refractivity contribution >= 4 is 5.82 Å². The lowest BCUT2D eigenvalue weighted by molar-refractivity contribution is 0.528. The molecule has 0 radical (unpaired) electrons. The Bertz CT molecular complexity index is 487. The SMILES string of the molecule is Nc1ccnn1C1CCc2ccccc21. The van der Waals surface area contributed by atoms with Gasteiger partial charge in [-0.15, -0.1) is 0 Å². The molecule has 1 heterocycles. The van der Waals surface area contributed by atoms with E-state index >= 15 is 0 Å². The Labute approximate surface area is 88.5 Å². The summed E-state index contributed by atoms with van der Waals surface area (Å²) in [5.41, 5.74) is 8.67. The Morgan fingerprint density at radius 3 is 2.93 bits per heavy atom. The molecule has 1 unspecified atom stereocenters. The molecule has 0 aliphatic heterocycles. The van der Waals surface area contributed by atoms with Crippen LogP contribution in [-0.4, -0.2) is 9.78 Å². The van der Waals surface area contributed by atoms with E-state index in [1.54, 1.807) is 6.20 Å². The molecule has 0 bridgehead atoms. The number of anilines is 1. The van der Waals surface area contributed by atoms with Crippen molar-refractivity contribution in [1.82, 2.24) is 9.78 Å². The summed E-state index contributed by atoms with van der Waals surface area (Å²) in [6, 6.07) is 10.7. The minimum atomic E-state index is 0.330. The Hall–Kier alpha value is -1.77. The molecule has 2 N–H and O–H groups in total. The Morgan fingerprint density at radius 1 is 1.27 bits per heavy atom. The normalized spacial score (nSPS) is 19.1. The second-order valence-corrected chi connectivity index (χ2v) is 3.95. The maximum absolute atomic E-state index is 5.88. The van der Waals surface area contributed by atoms with Gasteiger partial charge < -0.3 is 5.73 Å². The van der Waals surface area contributed by atoms with Crippen LogP contribution in [0.5, 0.6) is 0 Å². The van der Waals surface area contributed by atoms with Crippen LogP contribution < -0.4 is 5.73 Å². The van der Waals surface area contributed by atoms with Crippen molar-refractivity contribution in [2.75, 3.05) is 5.73 Å². The van der Waals surface area contributed by atoms with E-state index in [0.717, 1.165) is 18.7 Å². The first-order valence-corrected chi connectivity index (χ1v) is 5.23. The van der Waals surface area contributed by atoms with Crippen LogP contribution >= 0.6 is 0 Å². The second-order valence-electron chi connectivity index (χ2n) is 3.95. The molecule has 1 aromatic heterocycles. The third-order valence-corrected chi connectivity index (χ3v) is 3.10. The number of rotatable bonds is 1. The van der Waals surface area contributed by atoms with Crippen LogP contribution in [0.1, 0.15) is 23.6 Å². The van der Waals surface area contributed by atoms with E-state index in [9.17, 15) is 0 Å². The molecular weight excluding hydrogens is 186 g/mol. The van der Waals surface area contributed by atoms with Crippen molar-refractivity contribution in [1.29, 1.82) is 0 Å². The van der Waals surface area contributed by atoms with Crippen LogP contribution in [0.25, 0.3) is 0 Å². The van der Waals surface area contributed by atoms with Gasteiger partial charge in [-0.3, -0.25) is 0 Å². The topological polar surface area (TPSA) is 43.8 Å². The van der Waals surface area contributed by atoms with Crippen molar-refractivity contribution in [3.05, 3.63) is 47.7 Å². The van der Waals surface area contributed by atoms with Crippen molar-refractivity contribution in [2.24, 2.45) is 0 Å². The van der Waals surface area contributed by atoms with Crippen LogP contribution in [0.2, 0.25) is 0 Å². The summed E-state index contributed by atoms with van der Waals surface area (Å²) in [5.74, 6) is 0.747. The van der Waals surface area contributed by atoms with E-state index in [-0.39, 0.29) is 0 Å². The lowest BCUT2D eigenvalue weighted by atomic mass is 10.1. The van der Waals surface area contributed by atoms with E-state index in [1.165, 1.54) is 11.1 Å². The minimum Gasteiger partial charge on any atom is -0.384 e. The molecule has 3 heteroatoms. The number of nitrogen functional groups attached to an aromatic ring is 1. The fraction of sp³-hybridized carbons (Fsp3) is 0.250.